The summed E-state index contributed by atoms with van der Waals surface area (Å²) in [6.45, 7) is 1.89. The van der Waals surface area contributed by atoms with Crippen molar-refractivity contribution < 1.29 is 4.42 Å². The number of benzene rings is 2. The standard InChI is InChI=1S/C20H15BrN4O/c1-13-7-9-16(26-13)12-22-25-20-23-18-10-8-15(21)11-17(18)19(24-20)14-5-3-2-4-6-14/h2-12H,1H3,(H,23,24,25)/b22-12+. The summed E-state index contributed by atoms with van der Waals surface area (Å²) in [5.41, 5.74) is 5.61. The Morgan fingerprint density at radius 2 is 1.88 bits per heavy atom. The van der Waals surface area contributed by atoms with Crippen molar-refractivity contribution in [3.8, 4) is 11.3 Å². The first-order valence-corrected chi connectivity index (χ1v) is 8.86. The van der Waals surface area contributed by atoms with Crippen molar-refractivity contribution in [2.75, 3.05) is 5.43 Å². The maximum absolute atomic E-state index is 5.46. The van der Waals surface area contributed by atoms with Gasteiger partial charge in [0.05, 0.1) is 17.4 Å². The van der Waals surface area contributed by atoms with Crippen molar-refractivity contribution in [3.05, 3.63) is 76.7 Å². The summed E-state index contributed by atoms with van der Waals surface area (Å²) in [7, 11) is 0. The molecule has 2 aromatic heterocycles. The zero-order valence-corrected chi connectivity index (χ0v) is 15.6. The zero-order valence-electron chi connectivity index (χ0n) is 14.0. The van der Waals surface area contributed by atoms with Gasteiger partial charge in [-0.3, -0.25) is 0 Å². The monoisotopic (exact) mass is 406 g/mol. The van der Waals surface area contributed by atoms with E-state index in [4.69, 9.17) is 4.42 Å². The fourth-order valence-electron chi connectivity index (χ4n) is 2.64. The first kappa shape index (κ1) is 16.5. The number of hydrogen-bond donors (Lipinski definition) is 1. The number of halogens is 1. The molecular weight excluding hydrogens is 392 g/mol. The van der Waals surface area contributed by atoms with E-state index in [0.29, 0.717) is 11.7 Å². The van der Waals surface area contributed by atoms with E-state index in [-0.39, 0.29) is 0 Å². The van der Waals surface area contributed by atoms with Crippen LogP contribution in [0, 0.1) is 6.92 Å². The van der Waals surface area contributed by atoms with E-state index in [1.807, 2.05) is 67.6 Å². The van der Waals surface area contributed by atoms with Crippen LogP contribution in [-0.4, -0.2) is 16.2 Å². The SMILES string of the molecule is Cc1ccc(/C=N/Nc2nc(-c3ccccc3)c3cc(Br)ccc3n2)o1. The number of aromatic nitrogens is 2. The summed E-state index contributed by atoms with van der Waals surface area (Å²) in [4.78, 5) is 9.21. The van der Waals surface area contributed by atoms with Gasteiger partial charge in [0, 0.05) is 15.4 Å². The van der Waals surface area contributed by atoms with Crippen LogP contribution in [0.25, 0.3) is 22.2 Å². The Kier molecular flexibility index (Phi) is 4.50. The average molecular weight is 407 g/mol. The van der Waals surface area contributed by atoms with Crippen LogP contribution in [-0.2, 0) is 0 Å². The van der Waals surface area contributed by atoms with Gasteiger partial charge in [-0.1, -0.05) is 46.3 Å². The van der Waals surface area contributed by atoms with Crippen molar-refractivity contribution in [1.29, 1.82) is 0 Å². The summed E-state index contributed by atoms with van der Waals surface area (Å²) in [6.07, 6.45) is 1.60. The molecule has 0 bridgehead atoms. The predicted octanol–water partition coefficient (Wildman–Crippen LogP) is 5.41. The minimum absolute atomic E-state index is 0.429. The van der Waals surface area contributed by atoms with E-state index in [0.717, 1.165) is 32.4 Å². The highest BCUT2D eigenvalue weighted by atomic mass is 79.9. The van der Waals surface area contributed by atoms with E-state index in [2.05, 4.69) is 36.4 Å². The van der Waals surface area contributed by atoms with Crippen LogP contribution in [0.5, 0.6) is 0 Å². The van der Waals surface area contributed by atoms with Crippen molar-refractivity contribution >= 4 is 39.0 Å². The Bertz CT molecular complexity index is 1090. The molecule has 26 heavy (non-hydrogen) atoms. The minimum atomic E-state index is 0.429. The summed E-state index contributed by atoms with van der Waals surface area (Å²) in [5.74, 6) is 1.94. The third-order valence-electron chi connectivity index (χ3n) is 3.82. The van der Waals surface area contributed by atoms with E-state index in [1.54, 1.807) is 6.21 Å². The largest absolute Gasteiger partial charge is 0.460 e. The summed E-state index contributed by atoms with van der Waals surface area (Å²) >= 11 is 3.52. The van der Waals surface area contributed by atoms with E-state index >= 15 is 0 Å². The fourth-order valence-corrected chi connectivity index (χ4v) is 3.00. The summed E-state index contributed by atoms with van der Waals surface area (Å²) < 4.78 is 6.45. The van der Waals surface area contributed by atoms with Gasteiger partial charge in [-0.15, -0.1) is 0 Å². The molecule has 0 aliphatic heterocycles. The number of nitrogens with zero attached hydrogens (tertiary/aromatic N) is 3. The number of rotatable bonds is 4. The summed E-state index contributed by atoms with van der Waals surface area (Å²) in [6, 6.07) is 19.7. The topological polar surface area (TPSA) is 63.3 Å². The maximum atomic E-state index is 5.46. The molecule has 0 radical (unpaired) electrons. The van der Waals surface area contributed by atoms with Crippen molar-refractivity contribution in [2.24, 2.45) is 5.10 Å². The van der Waals surface area contributed by atoms with Crippen molar-refractivity contribution in [2.45, 2.75) is 6.92 Å². The molecule has 0 unspecified atom stereocenters. The van der Waals surface area contributed by atoms with Gasteiger partial charge in [-0.05, 0) is 37.3 Å². The van der Waals surface area contributed by atoms with Crippen LogP contribution in [0.4, 0.5) is 5.95 Å². The van der Waals surface area contributed by atoms with Gasteiger partial charge in [0.2, 0.25) is 5.95 Å². The second-order valence-electron chi connectivity index (χ2n) is 5.74. The normalized spacial score (nSPS) is 11.3. The molecule has 1 N–H and O–H groups in total. The highest BCUT2D eigenvalue weighted by molar-refractivity contribution is 9.10. The molecule has 5 nitrogen and oxygen atoms in total. The van der Waals surface area contributed by atoms with Crippen LogP contribution in [0.3, 0.4) is 0 Å². The molecule has 4 aromatic rings. The Morgan fingerprint density at radius 3 is 2.65 bits per heavy atom. The van der Waals surface area contributed by atoms with Crippen LogP contribution in [0.1, 0.15) is 11.5 Å². The molecule has 0 aliphatic rings. The number of nitrogens with one attached hydrogen (secondary N) is 1. The minimum Gasteiger partial charge on any atom is -0.460 e. The van der Waals surface area contributed by atoms with Gasteiger partial charge in [-0.25, -0.2) is 15.4 Å². The lowest BCUT2D eigenvalue weighted by molar-refractivity contribution is 0.528. The molecule has 0 saturated heterocycles. The highest BCUT2D eigenvalue weighted by Crippen LogP contribution is 2.29. The summed E-state index contributed by atoms with van der Waals surface area (Å²) in [5, 5.41) is 5.16. The molecular formula is C20H15BrN4O. The molecule has 2 aromatic carbocycles. The number of fused-ring (bicyclic) bond motifs is 1. The molecule has 0 saturated carbocycles. The van der Waals surface area contributed by atoms with Gasteiger partial charge in [0.25, 0.3) is 0 Å². The predicted molar refractivity (Wildman–Crippen MR) is 107 cm³/mol. The van der Waals surface area contributed by atoms with Crippen molar-refractivity contribution in [1.82, 2.24) is 9.97 Å². The maximum Gasteiger partial charge on any atom is 0.244 e. The molecule has 128 valence electrons. The lowest BCUT2D eigenvalue weighted by Gasteiger charge is -2.09. The second kappa shape index (κ2) is 7.09. The van der Waals surface area contributed by atoms with Gasteiger partial charge in [-0.2, -0.15) is 5.10 Å². The number of hydrazone groups is 1. The van der Waals surface area contributed by atoms with Crippen LogP contribution in [0.2, 0.25) is 0 Å². The number of aryl methyl sites for hydroxylation is 1. The van der Waals surface area contributed by atoms with Crippen LogP contribution in [0.15, 0.2) is 74.7 Å². The molecule has 6 heteroatoms. The lowest BCUT2D eigenvalue weighted by atomic mass is 10.1. The van der Waals surface area contributed by atoms with E-state index < -0.39 is 0 Å². The molecule has 0 fully saturated rings. The lowest BCUT2D eigenvalue weighted by Crippen LogP contribution is -1.99. The van der Waals surface area contributed by atoms with Gasteiger partial charge < -0.3 is 4.42 Å². The molecule has 4 rings (SSSR count). The van der Waals surface area contributed by atoms with Crippen LogP contribution >= 0.6 is 15.9 Å². The molecule has 0 atom stereocenters. The Labute approximate surface area is 158 Å². The second-order valence-corrected chi connectivity index (χ2v) is 6.66. The number of hydrogen-bond acceptors (Lipinski definition) is 5. The van der Waals surface area contributed by atoms with Crippen molar-refractivity contribution in [3.63, 3.8) is 0 Å². The van der Waals surface area contributed by atoms with Crippen LogP contribution < -0.4 is 5.43 Å². The first-order valence-electron chi connectivity index (χ1n) is 8.07. The smallest absolute Gasteiger partial charge is 0.244 e. The fraction of sp³-hybridized carbons (Fsp3) is 0.0500. The molecule has 0 spiro atoms. The highest BCUT2D eigenvalue weighted by Gasteiger charge is 2.10. The third kappa shape index (κ3) is 3.50. The quantitative estimate of drug-likeness (QED) is 0.363. The van der Waals surface area contributed by atoms with Gasteiger partial charge >= 0.3 is 0 Å². The molecule has 0 amide bonds. The van der Waals surface area contributed by atoms with Gasteiger partial charge in [0.1, 0.15) is 11.5 Å². The molecule has 0 aliphatic carbocycles. The van der Waals surface area contributed by atoms with E-state index in [1.165, 1.54) is 0 Å². The third-order valence-corrected chi connectivity index (χ3v) is 4.32. The Balaban J connectivity index is 1.74. The van der Waals surface area contributed by atoms with Gasteiger partial charge in [0.15, 0.2) is 0 Å². The first-order chi connectivity index (χ1) is 12.7. The average Bonchev–Trinajstić information content (AvgIpc) is 3.07. The zero-order chi connectivity index (χ0) is 17.9. The molecule has 2 heterocycles. The number of anilines is 1. The Hall–Kier alpha value is -2.99. The number of furan rings is 1. The van der Waals surface area contributed by atoms with E-state index in [9.17, 15) is 0 Å². The Morgan fingerprint density at radius 1 is 1.04 bits per heavy atom.